The van der Waals surface area contributed by atoms with Gasteiger partial charge in [-0.15, -0.1) is 0 Å². The van der Waals surface area contributed by atoms with Crippen LogP contribution < -0.4 is 5.56 Å². The number of hydrogen-bond acceptors (Lipinski definition) is 5. The summed E-state index contributed by atoms with van der Waals surface area (Å²) in [5.74, 6) is 0. The quantitative estimate of drug-likeness (QED) is 0.327. The second-order valence-corrected chi connectivity index (χ2v) is 10.8. The average molecular weight is 508 g/mol. The van der Waals surface area contributed by atoms with Gasteiger partial charge in [0.1, 0.15) is 11.9 Å². The van der Waals surface area contributed by atoms with Gasteiger partial charge in [0.05, 0.1) is 17.6 Å². The minimum Gasteiger partial charge on any atom is -0.444 e. The fourth-order valence-electron chi connectivity index (χ4n) is 5.13. The number of aryl methyl sites for hydroxylation is 1. The van der Waals surface area contributed by atoms with Gasteiger partial charge in [-0.25, -0.2) is 9.78 Å². The first-order chi connectivity index (χ1) is 18.2. The van der Waals surface area contributed by atoms with Gasteiger partial charge in [-0.1, -0.05) is 12.1 Å². The molecule has 0 bridgehead atoms. The molecule has 5 aromatic rings. The monoisotopic (exact) mass is 507 g/mol. The van der Waals surface area contributed by atoms with Crippen LogP contribution in [0.15, 0.2) is 72.2 Å². The van der Waals surface area contributed by atoms with Crippen molar-refractivity contribution in [3.63, 3.8) is 0 Å². The number of benzene rings is 2. The van der Waals surface area contributed by atoms with Crippen molar-refractivity contribution >= 4 is 27.9 Å². The maximum atomic E-state index is 13.0. The molecule has 0 radical (unpaired) electrons. The Morgan fingerprint density at radius 2 is 1.87 bits per heavy atom. The maximum absolute atomic E-state index is 13.0. The predicted molar refractivity (Wildman–Crippen MR) is 147 cm³/mol. The van der Waals surface area contributed by atoms with E-state index in [0.29, 0.717) is 19.5 Å². The molecule has 3 aromatic heterocycles. The highest BCUT2D eigenvalue weighted by atomic mass is 16.6. The van der Waals surface area contributed by atoms with Crippen LogP contribution in [0.25, 0.3) is 38.6 Å². The molecule has 0 aliphatic carbocycles. The summed E-state index contributed by atoms with van der Waals surface area (Å²) < 4.78 is 9.31. The molecular weight excluding hydrogens is 478 g/mol. The molecule has 4 heterocycles. The highest BCUT2D eigenvalue weighted by Gasteiger charge is 2.29. The number of ether oxygens (including phenoxy) is 1. The number of amides is 1. The van der Waals surface area contributed by atoms with Crippen LogP contribution in [0.5, 0.6) is 0 Å². The smallest absolute Gasteiger partial charge is 0.410 e. The first-order valence-corrected chi connectivity index (χ1v) is 12.7. The third-order valence-corrected chi connectivity index (χ3v) is 6.98. The minimum absolute atomic E-state index is 0.0237. The van der Waals surface area contributed by atoms with E-state index in [0.717, 1.165) is 49.7 Å². The van der Waals surface area contributed by atoms with Gasteiger partial charge in [-0.05, 0) is 74.0 Å². The Labute approximate surface area is 220 Å². The summed E-state index contributed by atoms with van der Waals surface area (Å²) in [6, 6.07) is 14.4. The second kappa shape index (κ2) is 8.83. The zero-order valence-corrected chi connectivity index (χ0v) is 21.9. The maximum Gasteiger partial charge on any atom is 0.410 e. The average Bonchev–Trinajstić information content (AvgIpc) is 3.32. The zero-order chi connectivity index (χ0) is 26.6. The molecule has 8 heteroatoms. The molecule has 0 saturated heterocycles. The van der Waals surface area contributed by atoms with Crippen molar-refractivity contribution in [1.29, 1.82) is 0 Å². The van der Waals surface area contributed by atoms with Crippen molar-refractivity contribution in [2.24, 2.45) is 7.05 Å². The molecule has 1 aliphatic rings. The van der Waals surface area contributed by atoms with Crippen LogP contribution in [0.4, 0.5) is 4.79 Å². The molecule has 6 rings (SSSR count). The highest BCUT2D eigenvalue weighted by molar-refractivity contribution is 5.87. The standard InChI is InChI=1S/C30H29N5O3/c1-30(2,3)38-29(37)34-12-10-23-25(17-34)24(16-33(4)28(23)36)20-6-8-27-26(14-20)32-18-35(27)22-7-5-21-15-31-11-9-19(21)13-22/h5-9,11,13-16,18H,10,12,17H2,1-4H3. The summed E-state index contributed by atoms with van der Waals surface area (Å²) in [4.78, 5) is 36.4. The first kappa shape index (κ1) is 23.9. The van der Waals surface area contributed by atoms with Crippen LogP contribution in [-0.2, 0) is 24.8 Å². The van der Waals surface area contributed by atoms with E-state index in [4.69, 9.17) is 9.72 Å². The molecule has 0 saturated carbocycles. The highest BCUT2D eigenvalue weighted by Crippen LogP contribution is 2.32. The molecule has 1 aliphatic heterocycles. The van der Waals surface area contributed by atoms with E-state index >= 15 is 0 Å². The lowest BCUT2D eigenvalue weighted by atomic mass is 9.93. The van der Waals surface area contributed by atoms with Crippen molar-refractivity contribution in [2.75, 3.05) is 6.54 Å². The van der Waals surface area contributed by atoms with E-state index in [2.05, 4.69) is 39.9 Å². The van der Waals surface area contributed by atoms with Crippen LogP contribution in [0.2, 0.25) is 0 Å². The minimum atomic E-state index is -0.585. The fourth-order valence-corrected chi connectivity index (χ4v) is 5.13. The van der Waals surface area contributed by atoms with Crippen LogP contribution in [-0.4, -0.2) is 42.2 Å². The van der Waals surface area contributed by atoms with Crippen molar-refractivity contribution in [1.82, 2.24) is 24.0 Å². The Kier molecular flexibility index (Phi) is 5.56. The number of nitrogens with zero attached hydrogens (tertiary/aromatic N) is 5. The van der Waals surface area contributed by atoms with Crippen LogP contribution >= 0.6 is 0 Å². The van der Waals surface area contributed by atoms with E-state index in [1.807, 2.05) is 51.6 Å². The van der Waals surface area contributed by atoms with Crippen LogP contribution in [0.3, 0.4) is 0 Å². The first-order valence-electron chi connectivity index (χ1n) is 12.7. The van der Waals surface area contributed by atoms with Crippen molar-refractivity contribution in [3.05, 3.63) is 88.9 Å². The third kappa shape index (κ3) is 4.22. The Morgan fingerprint density at radius 3 is 2.68 bits per heavy atom. The van der Waals surface area contributed by atoms with Crippen molar-refractivity contribution in [2.45, 2.75) is 39.3 Å². The van der Waals surface area contributed by atoms with Gasteiger partial charge in [0.25, 0.3) is 5.56 Å². The Balaban J connectivity index is 1.40. The van der Waals surface area contributed by atoms with E-state index in [1.165, 1.54) is 0 Å². The largest absolute Gasteiger partial charge is 0.444 e. The molecule has 2 aromatic carbocycles. The van der Waals surface area contributed by atoms with Crippen molar-refractivity contribution in [3.8, 4) is 16.8 Å². The Bertz CT molecular complexity index is 1780. The number of hydrogen-bond donors (Lipinski definition) is 0. The molecule has 0 atom stereocenters. The molecule has 0 spiro atoms. The molecule has 1 amide bonds. The topological polar surface area (TPSA) is 82.3 Å². The fraction of sp³-hybridized carbons (Fsp3) is 0.267. The van der Waals surface area contributed by atoms with E-state index < -0.39 is 5.60 Å². The number of carbonyl (C=O) groups excluding carboxylic acids is 1. The number of imidazole rings is 1. The second-order valence-electron chi connectivity index (χ2n) is 10.8. The van der Waals surface area contributed by atoms with Crippen LogP contribution in [0.1, 0.15) is 31.9 Å². The van der Waals surface area contributed by atoms with Gasteiger partial charge in [0, 0.05) is 54.4 Å². The number of aromatic nitrogens is 4. The molecule has 8 nitrogen and oxygen atoms in total. The molecule has 192 valence electrons. The molecule has 0 unspecified atom stereocenters. The number of carbonyl (C=O) groups is 1. The van der Waals surface area contributed by atoms with Crippen LogP contribution in [0, 0.1) is 0 Å². The SMILES string of the molecule is Cn1cc(-c2ccc3c(c2)ncn3-c2ccc3cnccc3c2)c2c(c1=O)CCN(C(=O)OC(C)(C)C)C2. The van der Waals surface area contributed by atoms with Gasteiger partial charge >= 0.3 is 6.09 Å². The molecule has 0 fully saturated rings. The number of fused-ring (bicyclic) bond motifs is 3. The number of rotatable bonds is 2. The summed E-state index contributed by atoms with van der Waals surface area (Å²) in [5, 5.41) is 2.20. The van der Waals surface area contributed by atoms with Gasteiger partial charge in [0.15, 0.2) is 0 Å². The molecule has 0 N–H and O–H groups in total. The lowest BCUT2D eigenvalue weighted by Gasteiger charge is -2.32. The van der Waals surface area contributed by atoms with Gasteiger partial charge in [-0.2, -0.15) is 0 Å². The lowest BCUT2D eigenvalue weighted by molar-refractivity contribution is 0.0224. The van der Waals surface area contributed by atoms with Gasteiger partial charge < -0.3 is 14.2 Å². The number of pyridine rings is 2. The Morgan fingerprint density at radius 1 is 1.03 bits per heavy atom. The summed E-state index contributed by atoms with van der Waals surface area (Å²) in [7, 11) is 1.77. The molecular formula is C30H29N5O3. The van der Waals surface area contributed by atoms with E-state index in [1.54, 1.807) is 22.7 Å². The Hall–Kier alpha value is -4.46. The van der Waals surface area contributed by atoms with E-state index in [9.17, 15) is 9.59 Å². The third-order valence-electron chi connectivity index (χ3n) is 6.98. The summed E-state index contributed by atoms with van der Waals surface area (Å²) in [6.07, 6.45) is 7.46. The normalized spacial score (nSPS) is 13.6. The summed E-state index contributed by atoms with van der Waals surface area (Å²) in [6.45, 7) is 6.34. The molecule has 38 heavy (non-hydrogen) atoms. The lowest BCUT2D eigenvalue weighted by Crippen LogP contribution is -2.42. The summed E-state index contributed by atoms with van der Waals surface area (Å²) in [5.41, 5.74) is 5.73. The van der Waals surface area contributed by atoms with Gasteiger partial charge in [-0.3, -0.25) is 14.3 Å². The predicted octanol–water partition coefficient (Wildman–Crippen LogP) is 5.23. The van der Waals surface area contributed by atoms with E-state index in [-0.39, 0.29) is 11.7 Å². The summed E-state index contributed by atoms with van der Waals surface area (Å²) >= 11 is 0. The van der Waals surface area contributed by atoms with Crippen molar-refractivity contribution < 1.29 is 9.53 Å². The zero-order valence-electron chi connectivity index (χ0n) is 21.9. The van der Waals surface area contributed by atoms with Gasteiger partial charge in [0.2, 0.25) is 0 Å².